The third-order valence-corrected chi connectivity index (χ3v) is 4.82. The quantitative estimate of drug-likeness (QED) is 0.761. The van der Waals surface area contributed by atoms with Gasteiger partial charge in [0.05, 0.1) is 0 Å². The van der Waals surface area contributed by atoms with Crippen molar-refractivity contribution in [3.05, 3.63) is 35.9 Å². The van der Waals surface area contributed by atoms with Crippen molar-refractivity contribution in [1.29, 1.82) is 0 Å². The minimum Gasteiger partial charge on any atom is -0.355 e. The van der Waals surface area contributed by atoms with E-state index in [1.807, 2.05) is 17.8 Å². The molecule has 0 aliphatic carbocycles. The molecule has 2 rings (SSSR count). The first-order valence-electron chi connectivity index (χ1n) is 7.96. The van der Waals surface area contributed by atoms with Crippen LogP contribution >= 0.6 is 11.8 Å². The summed E-state index contributed by atoms with van der Waals surface area (Å²) in [5.41, 5.74) is 1.32. The predicted molar refractivity (Wildman–Crippen MR) is 90.5 cm³/mol. The van der Waals surface area contributed by atoms with Crippen LogP contribution in [0, 0.1) is 0 Å². The van der Waals surface area contributed by atoms with Crippen LogP contribution in [0.2, 0.25) is 0 Å². The number of benzene rings is 1. The van der Waals surface area contributed by atoms with E-state index in [-0.39, 0.29) is 5.91 Å². The summed E-state index contributed by atoms with van der Waals surface area (Å²) in [5, 5.41) is 6.57. The molecule has 1 saturated heterocycles. The zero-order chi connectivity index (χ0) is 14.8. The number of carbonyl (C=O) groups excluding carboxylic acids is 1. The molecular weight excluding hydrogens is 280 g/mol. The Morgan fingerprint density at radius 2 is 2.10 bits per heavy atom. The molecule has 1 aliphatic heterocycles. The normalized spacial score (nSPS) is 19.0. The lowest BCUT2D eigenvalue weighted by atomic mass is 10.1. The van der Waals surface area contributed by atoms with E-state index in [1.165, 1.54) is 31.2 Å². The number of hydrogen-bond acceptors (Lipinski definition) is 3. The average Bonchev–Trinajstić information content (AvgIpc) is 2.79. The average molecular weight is 306 g/mol. The lowest BCUT2D eigenvalue weighted by Crippen LogP contribution is -2.40. The Kier molecular flexibility index (Phi) is 7.68. The van der Waals surface area contributed by atoms with Gasteiger partial charge in [0.25, 0.3) is 0 Å². The van der Waals surface area contributed by atoms with E-state index in [9.17, 15) is 4.79 Å². The van der Waals surface area contributed by atoms with Crippen molar-refractivity contribution in [3.8, 4) is 0 Å². The summed E-state index contributed by atoms with van der Waals surface area (Å²) in [6.07, 6.45) is 5.65. The molecule has 1 heterocycles. The molecule has 116 valence electrons. The zero-order valence-electron chi connectivity index (χ0n) is 12.6. The van der Waals surface area contributed by atoms with Gasteiger partial charge in [-0.05, 0) is 24.9 Å². The molecule has 1 aliphatic rings. The van der Waals surface area contributed by atoms with Crippen LogP contribution in [0.15, 0.2) is 30.3 Å². The molecule has 0 radical (unpaired) electrons. The van der Waals surface area contributed by atoms with Crippen LogP contribution in [0.1, 0.15) is 37.7 Å². The maximum absolute atomic E-state index is 11.8. The second-order valence-corrected chi connectivity index (χ2v) is 6.70. The van der Waals surface area contributed by atoms with Crippen LogP contribution < -0.4 is 10.6 Å². The molecule has 1 amide bonds. The van der Waals surface area contributed by atoms with Crippen molar-refractivity contribution < 1.29 is 4.79 Å². The second kappa shape index (κ2) is 9.85. The Balaban J connectivity index is 1.53. The van der Waals surface area contributed by atoms with Gasteiger partial charge in [0.1, 0.15) is 0 Å². The molecular formula is C17H26N2OS. The van der Waals surface area contributed by atoms with E-state index >= 15 is 0 Å². The highest BCUT2D eigenvalue weighted by Crippen LogP contribution is 2.12. The van der Waals surface area contributed by atoms with Crippen LogP contribution in [-0.4, -0.2) is 30.8 Å². The first kappa shape index (κ1) is 16.4. The summed E-state index contributed by atoms with van der Waals surface area (Å²) >= 11 is 1.82. The molecule has 2 N–H and O–H groups in total. The van der Waals surface area contributed by atoms with Gasteiger partial charge in [-0.15, -0.1) is 0 Å². The lowest BCUT2D eigenvalue weighted by molar-refractivity contribution is -0.120. The molecule has 21 heavy (non-hydrogen) atoms. The monoisotopic (exact) mass is 306 g/mol. The van der Waals surface area contributed by atoms with Gasteiger partial charge in [-0.1, -0.05) is 43.2 Å². The fourth-order valence-corrected chi connectivity index (χ4v) is 3.43. The number of amides is 1. The van der Waals surface area contributed by atoms with Crippen molar-refractivity contribution >= 4 is 17.7 Å². The number of carbonyl (C=O) groups is 1. The molecule has 0 bridgehead atoms. The molecule has 0 saturated carbocycles. The van der Waals surface area contributed by atoms with Crippen LogP contribution in [0.5, 0.6) is 0 Å². The molecule has 1 aromatic carbocycles. The molecule has 1 aromatic rings. The lowest BCUT2D eigenvalue weighted by Gasteiger charge is -2.16. The smallest absolute Gasteiger partial charge is 0.220 e. The van der Waals surface area contributed by atoms with E-state index in [2.05, 4.69) is 34.9 Å². The highest BCUT2D eigenvalue weighted by atomic mass is 32.2. The summed E-state index contributed by atoms with van der Waals surface area (Å²) in [5.74, 6) is 2.05. The highest BCUT2D eigenvalue weighted by Gasteiger charge is 2.12. The molecule has 4 heteroatoms. The van der Waals surface area contributed by atoms with E-state index in [0.717, 1.165) is 24.6 Å². The fourth-order valence-electron chi connectivity index (χ4n) is 2.53. The van der Waals surface area contributed by atoms with Gasteiger partial charge in [-0.25, -0.2) is 0 Å². The van der Waals surface area contributed by atoms with E-state index in [0.29, 0.717) is 12.5 Å². The first-order valence-corrected chi connectivity index (χ1v) is 9.12. The van der Waals surface area contributed by atoms with Gasteiger partial charge >= 0.3 is 0 Å². The summed E-state index contributed by atoms with van der Waals surface area (Å²) < 4.78 is 0. The maximum Gasteiger partial charge on any atom is 0.220 e. The van der Waals surface area contributed by atoms with Gasteiger partial charge in [-0.3, -0.25) is 4.79 Å². The Morgan fingerprint density at radius 3 is 2.95 bits per heavy atom. The van der Waals surface area contributed by atoms with E-state index in [1.54, 1.807) is 0 Å². The Hall–Kier alpha value is -1.00. The summed E-state index contributed by atoms with van der Waals surface area (Å²) in [6.45, 7) is 1.87. The Labute approximate surface area is 132 Å². The Bertz CT molecular complexity index is 403. The minimum absolute atomic E-state index is 0.182. The maximum atomic E-state index is 11.8. The SMILES string of the molecule is O=C(CCSCc1ccccc1)NCC1CCCCCN1. The first-order chi connectivity index (χ1) is 10.3. The van der Waals surface area contributed by atoms with Crippen LogP contribution in [0.4, 0.5) is 0 Å². The molecule has 0 aromatic heterocycles. The fraction of sp³-hybridized carbons (Fsp3) is 0.588. The summed E-state index contributed by atoms with van der Waals surface area (Å²) in [6, 6.07) is 10.9. The standard InChI is InChI=1S/C17H26N2OS/c20-17(19-13-16-9-5-2-6-11-18-16)10-12-21-14-15-7-3-1-4-8-15/h1,3-4,7-8,16,18H,2,5-6,9-14H2,(H,19,20). The van der Waals surface area contributed by atoms with Crippen molar-refractivity contribution in [3.63, 3.8) is 0 Å². The van der Waals surface area contributed by atoms with Gasteiger partial charge < -0.3 is 10.6 Å². The second-order valence-electron chi connectivity index (χ2n) is 5.59. The number of nitrogens with one attached hydrogen (secondary N) is 2. The number of rotatable bonds is 7. The largest absolute Gasteiger partial charge is 0.355 e. The summed E-state index contributed by atoms with van der Waals surface area (Å²) in [7, 11) is 0. The predicted octanol–water partition coefficient (Wildman–Crippen LogP) is 2.96. The number of hydrogen-bond donors (Lipinski definition) is 2. The number of thioether (sulfide) groups is 1. The van der Waals surface area contributed by atoms with E-state index in [4.69, 9.17) is 0 Å². The van der Waals surface area contributed by atoms with Crippen molar-refractivity contribution in [2.45, 2.75) is 43.9 Å². The van der Waals surface area contributed by atoms with E-state index < -0.39 is 0 Å². The van der Waals surface area contributed by atoms with Crippen LogP contribution in [0.25, 0.3) is 0 Å². The topological polar surface area (TPSA) is 41.1 Å². The van der Waals surface area contributed by atoms with Crippen LogP contribution in [-0.2, 0) is 10.5 Å². The van der Waals surface area contributed by atoms with Gasteiger partial charge in [0.2, 0.25) is 5.91 Å². The molecule has 0 spiro atoms. The molecule has 3 nitrogen and oxygen atoms in total. The third kappa shape index (κ3) is 7.00. The molecule has 1 unspecified atom stereocenters. The minimum atomic E-state index is 0.182. The van der Waals surface area contributed by atoms with Crippen molar-refractivity contribution in [2.24, 2.45) is 0 Å². The van der Waals surface area contributed by atoms with Crippen molar-refractivity contribution in [1.82, 2.24) is 10.6 Å². The zero-order valence-corrected chi connectivity index (χ0v) is 13.5. The Morgan fingerprint density at radius 1 is 1.24 bits per heavy atom. The van der Waals surface area contributed by atoms with Crippen molar-refractivity contribution in [2.75, 3.05) is 18.8 Å². The molecule has 1 fully saturated rings. The molecule has 1 atom stereocenters. The third-order valence-electron chi connectivity index (χ3n) is 3.79. The van der Waals surface area contributed by atoms with Crippen LogP contribution in [0.3, 0.4) is 0 Å². The summed E-state index contributed by atoms with van der Waals surface area (Å²) in [4.78, 5) is 11.8. The van der Waals surface area contributed by atoms with Gasteiger partial charge in [0, 0.05) is 30.5 Å². The van der Waals surface area contributed by atoms with Gasteiger partial charge in [-0.2, -0.15) is 11.8 Å². The highest BCUT2D eigenvalue weighted by molar-refractivity contribution is 7.98. The van der Waals surface area contributed by atoms with Gasteiger partial charge in [0.15, 0.2) is 0 Å².